The number of fused-ring (bicyclic) bond motifs is 1. The molecule has 0 bridgehead atoms. The van der Waals surface area contributed by atoms with Crippen LogP contribution < -0.4 is 5.73 Å². The van der Waals surface area contributed by atoms with Gasteiger partial charge in [-0.1, -0.05) is 30.3 Å². The Labute approximate surface area is 127 Å². The van der Waals surface area contributed by atoms with Crippen molar-refractivity contribution in [1.29, 1.82) is 0 Å². The third-order valence-corrected chi connectivity index (χ3v) is 3.81. The molecular formula is C17H17N3O2. The van der Waals surface area contributed by atoms with Crippen LogP contribution >= 0.6 is 0 Å². The normalized spacial score (nSPS) is 12.4. The quantitative estimate of drug-likeness (QED) is 0.675. The number of rotatable bonds is 5. The number of carbonyl (C=O) groups is 1. The molecule has 5 nitrogen and oxygen atoms in total. The fraction of sp³-hybridized carbons (Fsp3) is 0.176. The number of phenolic OH excluding ortho intramolecular Hbond substituents is 1. The lowest BCUT2D eigenvalue weighted by Gasteiger charge is -2.16. The summed E-state index contributed by atoms with van der Waals surface area (Å²) in [4.78, 5) is 11.2. The van der Waals surface area contributed by atoms with E-state index < -0.39 is 0 Å². The number of carbonyl (C=O) groups excluding carboxylic acids is 1. The second kappa shape index (κ2) is 5.89. The molecule has 112 valence electrons. The van der Waals surface area contributed by atoms with Crippen molar-refractivity contribution in [2.75, 3.05) is 0 Å². The number of nitrogens with two attached hydrogens (primary N) is 1. The van der Waals surface area contributed by atoms with E-state index in [-0.39, 0.29) is 17.6 Å². The predicted molar refractivity (Wildman–Crippen MR) is 84.5 cm³/mol. The maximum Gasteiger partial charge on any atom is 0.217 e. The largest absolute Gasteiger partial charge is 0.508 e. The Morgan fingerprint density at radius 3 is 2.64 bits per heavy atom. The number of hydrogen-bond acceptors (Lipinski definition) is 3. The van der Waals surface area contributed by atoms with Crippen LogP contribution in [0.25, 0.3) is 10.9 Å². The van der Waals surface area contributed by atoms with Gasteiger partial charge in [-0.05, 0) is 30.2 Å². The summed E-state index contributed by atoms with van der Waals surface area (Å²) in [5, 5.41) is 17.9. The Balaban J connectivity index is 2.04. The number of phenols is 1. The van der Waals surface area contributed by atoms with E-state index in [2.05, 4.69) is 10.2 Å². The molecule has 1 atom stereocenters. The van der Waals surface area contributed by atoms with Crippen molar-refractivity contribution in [2.45, 2.75) is 18.8 Å². The summed E-state index contributed by atoms with van der Waals surface area (Å²) in [6.45, 7) is 0. The second-order valence-corrected chi connectivity index (χ2v) is 5.30. The van der Waals surface area contributed by atoms with Crippen LogP contribution in [0.3, 0.4) is 0 Å². The third kappa shape index (κ3) is 2.79. The zero-order chi connectivity index (χ0) is 15.5. The molecule has 0 spiro atoms. The first-order chi connectivity index (χ1) is 10.6. The number of aromatic hydroxyl groups is 1. The summed E-state index contributed by atoms with van der Waals surface area (Å²) < 4.78 is 0. The number of H-pyrrole nitrogens is 1. The van der Waals surface area contributed by atoms with Gasteiger partial charge < -0.3 is 10.8 Å². The van der Waals surface area contributed by atoms with E-state index in [1.165, 1.54) is 0 Å². The van der Waals surface area contributed by atoms with Crippen LogP contribution in [0.4, 0.5) is 0 Å². The van der Waals surface area contributed by atoms with Crippen LogP contribution in [-0.4, -0.2) is 21.2 Å². The number of nitrogens with zero attached hydrogens (tertiary/aromatic N) is 1. The van der Waals surface area contributed by atoms with Gasteiger partial charge in [0.2, 0.25) is 5.91 Å². The molecule has 1 amide bonds. The minimum Gasteiger partial charge on any atom is -0.508 e. The summed E-state index contributed by atoms with van der Waals surface area (Å²) in [6.07, 6.45) is 0.880. The summed E-state index contributed by atoms with van der Waals surface area (Å²) in [7, 11) is 0. The number of amides is 1. The van der Waals surface area contributed by atoms with Gasteiger partial charge in [-0.2, -0.15) is 5.10 Å². The van der Waals surface area contributed by atoms with Crippen molar-refractivity contribution in [1.82, 2.24) is 10.2 Å². The van der Waals surface area contributed by atoms with Crippen molar-refractivity contribution in [3.8, 4) is 5.75 Å². The number of nitrogens with one attached hydrogen (secondary N) is 1. The van der Waals surface area contributed by atoms with E-state index >= 15 is 0 Å². The van der Waals surface area contributed by atoms with Crippen LogP contribution in [0.5, 0.6) is 5.75 Å². The minimum atomic E-state index is -0.326. The van der Waals surface area contributed by atoms with E-state index in [0.717, 1.165) is 22.2 Å². The Bertz CT molecular complexity index is 793. The smallest absolute Gasteiger partial charge is 0.217 e. The molecule has 1 heterocycles. The van der Waals surface area contributed by atoms with Crippen LogP contribution in [0.1, 0.15) is 30.0 Å². The van der Waals surface area contributed by atoms with E-state index in [0.29, 0.717) is 12.8 Å². The van der Waals surface area contributed by atoms with Crippen LogP contribution in [0.2, 0.25) is 0 Å². The molecule has 1 aromatic heterocycles. The zero-order valence-corrected chi connectivity index (χ0v) is 12.0. The summed E-state index contributed by atoms with van der Waals surface area (Å²) in [5.74, 6) is -0.139. The summed E-state index contributed by atoms with van der Waals surface area (Å²) in [5.41, 5.74) is 8.16. The Morgan fingerprint density at radius 2 is 1.91 bits per heavy atom. The van der Waals surface area contributed by atoms with Crippen LogP contribution in [0, 0.1) is 0 Å². The topological polar surface area (TPSA) is 92.0 Å². The summed E-state index contributed by atoms with van der Waals surface area (Å²) in [6, 6.07) is 14.8. The number of benzene rings is 2. The standard InChI is InChI=1S/C17H17N3O2/c18-16(22)10-9-13(11-5-7-12(21)8-6-11)17-14-3-1-2-4-15(14)19-20-17/h1-8,13,21H,9-10H2,(H2,18,22)(H,19,20). The first-order valence-corrected chi connectivity index (χ1v) is 7.15. The van der Waals surface area contributed by atoms with E-state index in [4.69, 9.17) is 5.73 Å². The molecule has 3 aromatic rings. The van der Waals surface area contributed by atoms with Crippen molar-refractivity contribution in [3.63, 3.8) is 0 Å². The van der Waals surface area contributed by atoms with Crippen molar-refractivity contribution < 1.29 is 9.90 Å². The molecule has 1 unspecified atom stereocenters. The highest BCUT2D eigenvalue weighted by molar-refractivity contribution is 5.82. The minimum absolute atomic E-state index is 0.0273. The third-order valence-electron chi connectivity index (χ3n) is 3.81. The van der Waals surface area contributed by atoms with Gasteiger partial charge in [0.1, 0.15) is 5.75 Å². The van der Waals surface area contributed by atoms with Crippen molar-refractivity contribution in [2.24, 2.45) is 5.73 Å². The molecule has 2 aromatic carbocycles. The fourth-order valence-corrected chi connectivity index (χ4v) is 2.72. The molecule has 0 aliphatic rings. The maximum absolute atomic E-state index is 11.2. The molecular weight excluding hydrogens is 278 g/mol. The lowest BCUT2D eigenvalue weighted by Crippen LogP contribution is -2.13. The predicted octanol–water partition coefficient (Wildman–Crippen LogP) is 2.67. The van der Waals surface area contributed by atoms with E-state index in [1.54, 1.807) is 12.1 Å². The maximum atomic E-state index is 11.2. The van der Waals surface area contributed by atoms with E-state index in [9.17, 15) is 9.90 Å². The number of aromatic amines is 1. The number of para-hydroxylation sites is 1. The molecule has 4 N–H and O–H groups in total. The number of primary amides is 1. The second-order valence-electron chi connectivity index (χ2n) is 5.30. The number of hydrogen-bond donors (Lipinski definition) is 3. The van der Waals surface area contributed by atoms with Gasteiger partial charge in [0.05, 0.1) is 11.2 Å². The molecule has 0 saturated heterocycles. The van der Waals surface area contributed by atoms with Gasteiger partial charge in [0.25, 0.3) is 0 Å². The average Bonchev–Trinajstić information content (AvgIpc) is 2.93. The highest BCUT2D eigenvalue weighted by Gasteiger charge is 2.19. The molecule has 0 aliphatic carbocycles. The molecule has 5 heteroatoms. The zero-order valence-electron chi connectivity index (χ0n) is 12.0. The Morgan fingerprint density at radius 1 is 1.18 bits per heavy atom. The van der Waals surface area contributed by atoms with Gasteiger partial charge in [0.15, 0.2) is 0 Å². The lowest BCUT2D eigenvalue weighted by molar-refractivity contribution is -0.118. The first kappa shape index (κ1) is 14.1. The van der Waals surface area contributed by atoms with Gasteiger partial charge in [0, 0.05) is 17.7 Å². The van der Waals surface area contributed by atoms with Gasteiger partial charge >= 0.3 is 0 Å². The fourth-order valence-electron chi connectivity index (χ4n) is 2.72. The highest BCUT2D eigenvalue weighted by atomic mass is 16.3. The molecule has 22 heavy (non-hydrogen) atoms. The monoisotopic (exact) mass is 295 g/mol. The molecule has 0 fully saturated rings. The SMILES string of the molecule is NC(=O)CCC(c1ccc(O)cc1)c1[nH]nc2ccccc12. The summed E-state index contributed by atoms with van der Waals surface area (Å²) >= 11 is 0. The average molecular weight is 295 g/mol. The highest BCUT2D eigenvalue weighted by Crippen LogP contribution is 2.33. The molecule has 0 radical (unpaired) electrons. The van der Waals surface area contributed by atoms with Crippen molar-refractivity contribution in [3.05, 3.63) is 59.8 Å². The van der Waals surface area contributed by atoms with Crippen LogP contribution in [-0.2, 0) is 4.79 Å². The van der Waals surface area contributed by atoms with Gasteiger partial charge in [-0.25, -0.2) is 0 Å². The van der Waals surface area contributed by atoms with E-state index in [1.807, 2.05) is 36.4 Å². The molecule has 0 saturated carbocycles. The lowest BCUT2D eigenvalue weighted by atomic mass is 9.89. The molecule has 0 aliphatic heterocycles. The Kier molecular flexibility index (Phi) is 3.78. The molecule has 3 rings (SSSR count). The Hall–Kier alpha value is -2.82. The van der Waals surface area contributed by atoms with Crippen LogP contribution in [0.15, 0.2) is 48.5 Å². The first-order valence-electron chi connectivity index (χ1n) is 7.15. The van der Waals surface area contributed by atoms with Crippen molar-refractivity contribution >= 4 is 16.8 Å². The number of aromatic nitrogens is 2. The van der Waals surface area contributed by atoms with Gasteiger partial charge in [-0.3, -0.25) is 9.89 Å². The van der Waals surface area contributed by atoms with Gasteiger partial charge in [-0.15, -0.1) is 0 Å².